The Labute approximate surface area is 122 Å². The average molecular weight is 283 g/mol. The number of nitrogens with zero attached hydrogens (tertiary/aromatic N) is 1. The first-order valence-corrected chi connectivity index (χ1v) is 8.44. The summed E-state index contributed by atoms with van der Waals surface area (Å²) < 4.78 is 0. The van der Waals surface area contributed by atoms with E-state index in [0.29, 0.717) is 5.92 Å². The number of thiazole rings is 1. The lowest BCUT2D eigenvalue weighted by Gasteiger charge is -2.16. The van der Waals surface area contributed by atoms with E-state index in [-0.39, 0.29) is 0 Å². The van der Waals surface area contributed by atoms with Crippen molar-refractivity contribution in [2.45, 2.75) is 78.2 Å². The third-order valence-corrected chi connectivity index (χ3v) is 4.79. The largest absolute Gasteiger partial charge is 0.384 e. The maximum absolute atomic E-state index is 9.99. The van der Waals surface area contributed by atoms with E-state index in [2.05, 4.69) is 25.8 Å². The van der Waals surface area contributed by atoms with Crippen molar-refractivity contribution < 1.29 is 5.11 Å². The molecule has 0 fully saturated rings. The van der Waals surface area contributed by atoms with E-state index < -0.39 is 5.60 Å². The van der Waals surface area contributed by atoms with Crippen LogP contribution in [0.4, 0.5) is 0 Å². The Morgan fingerprint density at radius 2 is 1.95 bits per heavy atom. The molecule has 110 valence electrons. The van der Waals surface area contributed by atoms with E-state index in [1.807, 2.05) is 5.38 Å². The summed E-state index contributed by atoms with van der Waals surface area (Å²) in [6.07, 6.45) is 6.24. The number of aliphatic hydroxyl groups is 1. The van der Waals surface area contributed by atoms with Gasteiger partial charge in [-0.2, -0.15) is 0 Å². The van der Waals surface area contributed by atoms with Crippen molar-refractivity contribution in [1.82, 2.24) is 4.98 Å². The SMILES string of the molecule is CCC[C@H](C)CCC(CC)c1nc(C(C)(C)O)cs1. The molecule has 2 nitrogen and oxygen atoms in total. The summed E-state index contributed by atoms with van der Waals surface area (Å²) in [5.74, 6) is 1.37. The number of hydrogen-bond acceptors (Lipinski definition) is 3. The topological polar surface area (TPSA) is 33.1 Å². The Kier molecular flexibility index (Phi) is 6.48. The predicted octanol–water partition coefficient (Wildman–Crippen LogP) is 5.08. The molecule has 1 heterocycles. The minimum Gasteiger partial charge on any atom is -0.384 e. The van der Waals surface area contributed by atoms with E-state index in [1.165, 1.54) is 30.7 Å². The third-order valence-electron chi connectivity index (χ3n) is 3.78. The molecule has 3 heteroatoms. The zero-order chi connectivity index (χ0) is 14.5. The highest BCUT2D eigenvalue weighted by molar-refractivity contribution is 7.09. The molecule has 1 N–H and O–H groups in total. The van der Waals surface area contributed by atoms with Crippen LogP contribution in [-0.2, 0) is 5.60 Å². The summed E-state index contributed by atoms with van der Waals surface area (Å²) in [5, 5.41) is 13.2. The van der Waals surface area contributed by atoms with Crippen molar-refractivity contribution in [2.24, 2.45) is 5.92 Å². The molecule has 0 aliphatic rings. The van der Waals surface area contributed by atoms with E-state index >= 15 is 0 Å². The van der Waals surface area contributed by atoms with Gasteiger partial charge in [0, 0.05) is 11.3 Å². The summed E-state index contributed by atoms with van der Waals surface area (Å²) in [7, 11) is 0. The molecule has 1 aromatic heterocycles. The highest BCUT2D eigenvalue weighted by Crippen LogP contribution is 2.32. The first-order valence-electron chi connectivity index (χ1n) is 7.56. The lowest BCUT2D eigenvalue weighted by molar-refractivity contribution is 0.0743. The van der Waals surface area contributed by atoms with Gasteiger partial charge in [0.1, 0.15) is 5.60 Å². The van der Waals surface area contributed by atoms with Gasteiger partial charge in [-0.3, -0.25) is 0 Å². The predicted molar refractivity (Wildman–Crippen MR) is 83.7 cm³/mol. The van der Waals surface area contributed by atoms with Gasteiger partial charge in [-0.15, -0.1) is 11.3 Å². The maximum Gasteiger partial charge on any atom is 0.102 e. The van der Waals surface area contributed by atoms with Gasteiger partial charge in [-0.1, -0.05) is 40.0 Å². The molecule has 0 amide bonds. The third kappa shape index (κ3) is 5.23. The molecule has 0 saturated carbocycles. The Hall–Kier alpha value is -0.410. The Morgan fingerprint density at radius 3 is 2.42 bits per heavy atom. The second-order valence-electron chi connectivity index (χ2n) is 6.21. The number of rotatable bonds is 8. The van der Waals surface area contributed by atoms with Crippen LogP contribution < -0.4 is 0 Å². The smallest absolute Gasteiger partial charge is 0.102 e. The Balaban J connectivity index is 2.62. The summed E-state index contributed by atoms with van der Waals surface area (Å²) in [6, 6.07) is 0. The van der Waals surface area contributed by atoms with Crippen molar-refractivity contribution >= 4 is 11.3 Å². The number of hydrogen-bond donors (Lipinski definition) is 1. The highest BCUT2D eigenvalue weighted by Gasteiger charge is 2.22. The molecule has 1 unspecified atom stereocenters. The lowest BCUT2D eigenvalue weighted by atomic mass is 9.93. The fourth-order valence-corrected chi connectivity index (χ4v) is 3.58. The summed E-state index contributed by atoms with van der Waals surface area (Å²) in [4.78, 5) is 4.65. The molecule has 0 spiro atoms. The van der Waals surface area contributed by atoms with Crippen LogP contribution in [0.2, 0.25) is 0 Å². The zero-order valence-electron chi connectivity index (χ0n) is 13.1. The van der Waals surface area contributed by atoms with Crippen LogP contribution in [0.3, 0.4) is 0 Å². The molecule has 19 heavy (non-hydrogen) atoms. The lowest BCUT2D eigenvalue weighted by Crippen LogP contribution is -2.16. The molecule has 0 saturated heterocycles. The minimum absolute atomic E-state index is 0.556. The molecular formula is C16H29NOS. The van der Waals surface area contributed by atoms with Crippen LogP contribution in [0.25, 0.3) is 0 Å². The van der Waals surface area contributed by atoms with Crippen molar-refractivity contribution in [3.05, 3.63) is 16.1 Å². The standard InChI is InChI=1S/C16H29NOS/c1-6-8-12(3)9-10-13(7-2)15-17-14(11-19-15)16(4,5)18/h11-13,18H,6-10H2,1-5H3/t12-,13?/m0/s1. The van der Waals surface area contributed by atoms with Gasteiger partial charge in [0.05, 0.1) is 10.7 Å². The quantitative estimate of drug-likeness (QED) is 0.721. The van der Waals surface area contributed by atoms with E-state index in [1.54, 1.807) is 25.2 Å². The van der Waals surface area contributed by atoms with Crippen LogP contribution in [0.15, 0.2) is 5.38 Å². The van der Waals surface area contributed by atoms with Crippen LogP contribution >= 0.6 is 11.3 Å². The van der Waals surface area contributed by atoms with Crippen LogP contribution in [0.5, 0.6) is 0 Å². The van der Waals surface area contributed by atoms with Gasteiger partial charge in [-0.25, -0.2) is 4.98 Å². The Bertz CT molecular complexity index is 367. The van der Waals surface area contributed by atoms with E-state index in [9.17, 15) is 5.11 Å². The minimum atomic E-state index is -0.817. The van der Waals surface area contributed by atoms with Crippen LogP contribution in [0.1, 0.15) is 83.3 Å². The van der Waals surface area contributed by atoms with Crippen molar-refractivity contribution in [2.75, 3.05) is 0 Å². The Morgan fingerprint density at radius 1 is 1.26 bits per heavy atom. The maximum atomic E-state index is 9.99. The van der Waals surface area contributed by atoms with E-state index in [4.69, 9.17) is 0 Å². The van der Waals surface area contributed by atoms with Gasteiger partial charge in [-0.05, 0) is 32.6 Å². The van der Waals surface area contributed by atoms with Gasteiger partial charge >= 0.3 is 0 Å². The van der Waals surface area contributed by atoms with Gasteiger partial charge in [0.2, 0.25) is 0 Å². The van der Waals surface area contributed by atoms with Crippen LogP contribution in [0, 0.1) is 5.92 Å². The molecule has 0 bridgehead atoms. The molecule has 1 rings (SSSR count). The van der Waals surface area contributed by atoms with Crippen molar-refractivity contribution in [1.29, 1.82) is 0 Å². The van der Waals surface area contributed by atoms with Gasteiger partial charge in [0.25, 0.3) is 0 Å². The second-order valence-corrected chi connectivity index (χ2v) is 7.10. The van der Waals surface area contributed by atoms with Gasteiger partial charge in [0.15, 0.2) is 0 Å². The van der Waals surface area contributed by atoms with E-state index in [0.717, 1.165) is 18.0 Å². The second kappa shape index (κ2) is 7.39. The van der Waals surface area contributed by atoms with Crippen molar-refractivity contribution in [3.8, 4) is 0 Å². The zero-order valence-corrected chi connectivity index (χ0v) is 13.9. The average Bonchev–Trinajstić information content (AvgIpc) is 2.79. The summed E-state index contributed by atoms with van der Waals surface area (Å²) in [5.41, 5.74) is -0.00437. The van der Waals surface area contributed by atoms with Crippen molar-refractivity contribution in [3.63, 3.8) is 0 Å². The fourth-order valence-electron chi connectivity index (χ4n) is 2.38. The molecule has 0 radical (unpaired) electrons. The van der Waals surface area contributed by atoms with Gasteiger partial charge < -0.3 is 5.11 Å². The molecule has 1 aromatic rings. The summed E-state index contributed by atoms with van der Waals surface area (Å²) in [6.45, 7) is 10.4. The normalized spacial score (nSPS) is 15.5. The molecule has 0 aliphatic carbocycles. The first kappa shape index (κ1) is 16.6. The monoisotopic (exact) mass is 283 g/mol. The molecular weight excluding hydrogens is 254 g/mol. The fraction of sp³-hybridized carbons (Fsp3) is 0.812. The molecule has 0 aromatic carbocycles. The number of aromatic nitrogens is 1. The molecule has 0 aliphatic heterocycles. The molecule has 2 atom stereocenters. The van der Waals surface area contributed by atoms with Crippen LogP contribution in [-0.4, -0.2) is 10.1 Å². The summed E-state index contributed by atoms with van der Waals surface area (Å²) >= 11 is 1.70. The first-order chi connectivity index (χ1) is 8.88. The highest BCUT2D eigenvalue weighted by atomic mass is 32.1.